The fourth-order valence-electron chi connectivity index (χ4n) is 8.66. The van der Waals surface area contributed by atoms with Crippen molar-refractivity contribution in [2.45, 2.75) is 74.1 Å². The molecule has 3 aliphatic carbocycles. The Morgan fingerprint density at radius 3 is 2.35 bits per heavy atom. The molecule has 1 amide bonds. The van der Waals surface area contributed by atoms with Crippen molar-refractivity contribution in [1.82, 2.24) is 29.1 Å². The van der Waals surface area contributed by atoms with Gasteiger partial charge >= 0.3 is 0 Å². The number of benzene rings is 3. The topological polar surface area (TPSA) is 169 Å². The normalized spacial score (nSPS) is 18.9. The van der Waals surface area contributed by atoms with Crippen molar-refractivity contribution < 1.29 is 57.5 Å². The van der Waals surface area contributed by atoms with Gasteiger partial charge in [-0.15, -0.1) is 0 Å². The number of rotatable bonds is 14. The number of carbonyl (C=O) groups excluding carboxylic acids is 1. The summed E-state index contributed by atoms with van der Waals surface area (Å²) in [5, 5.41) is 5.57. The van der Waals surface area contributed by atoms with Crippen LogP contribution in [0.2, 0.25) is 5.02 Å². The van der Waals surface area contributed by atoms with Gasteiger partial charge in [-0.3, -0.25) is 23.6 Å². The number of aromatic nitrogens is 6. The van der Waals surface area contributed by atoms with Gasteiger partial charge in [-0.25, -0.2) is 48.8 Å². The number of primary amides is 1. The summed E-state index contributed by atoms with van der Waals surface area (Å²) in [6.07, 6.45) is -7.15. The predicted octanol–water partition coefficient (Wildman–Crippen LogP) is 7.38. The number of anilines is 1. The molecular formula is C39H30ClF9N8O5S. The molecule has 3 N–H and O–H groups in total. The van der Waals surface area contributed by atoms with Crippen LogP contribution in [-0.2, 0) is 33.7 Å². The summed E-state index contributed by atoms with van der Waals surface area (Å²) < 4.78 is 171. The molecule has 13 nitrogen and oxygen atoms in total. The number of methoxy groups -OCH3 is 1. The molecule has 3 aromatic heterocycles. The lowest BCUT2D eigenvalue weighted by Crippen LogP contribution is -2.39. The Morgan fingerprint density at radius 2 is 1.73 bits per heavy atom. The smallest absolute Gasteiger partial charge is 0.293 e. The highest BCUT2D eigenvalue weighted by Gasteiger charge is 2.68. The molecule has 3 aliphatic rings. The Kier molecular flexibility index (Phi) is 10.0. The number of hydrogen-bond donors (Lipinski definition) is 2. The lowest BCUT2D eigenvalue weighted by molar-refractivity contribution is -0.122. The van der Waals surface area contributed by atoms with Gasteiger partial charge in [-0.1, -0.05) is 11.6 Å². The van der Waals surface area contributed by atoms with E-state index in [0.29, 0.717) is 20.0 Å². The summed E-state index contributed by atoms with van der Waals surface area (Å²) in [6, 6.07) is 3.68. The third-order valence-corrected chi connectivity index (χ3v) is 13.6. The first-order valence-electron chi connectivity index (χ1n) is 19.0. The zero-order chi connectivity index (χ0) is 45.2. The monoisotopic (exact) mass is 928 g/mol. The summed E-state index contributed by atoms with van der Waals surface area (Å²) in [7, 11) is -3.04. The van der Waals surface area contributed by atoms with Crippen LogP contribution in [0.25, 0.3) is 27.5 Å². The number of halogens is 10. The van der Waals surface area contributed by atoms with Gasteiger partial charge in [0, 0.05) is 29.7 Å². The van der Waals surface area contributed by atoms with E-state index in [-0.39, 0.29) is 41.0 Å². The Balaban J connectivity index is 1.40. The molecule has 0 saturated heterocycles. The molecule has 3 aromatic carbocycles. The summed E-state index contributed by atoms with van der Waals surface area (Å²) in [6.45, 7) is -1.27. The first-order chi connectivity index (χ1) is 29.7. The van der Waals surface area contributed by atoms with Crippen molar-refractivity contribution in [3.05, 3.63) is 104 Å². The molecule has 63 heavy (non-hydrogen) atoms. The number of nitrogens with one attached hydrogen (secondary N) is 1. The fourth-order valence-corrected chi connectivity index (χ4v) is 10.2. The van der Waals surface area contributed by atoms with Crippen molar-refractivity contribution in [2.24, 2.45) is 11.7 Å². The largest absolute Gasteiger partial charge is 0.497 e. The molecule has 2 saturated carbocycles. The lowest BCUT2D eigenvalue weighted by Gasteiger charge is -2.30. The van der Waals surface area contributed by atoms with Crippen LogP contribution in [0.4, 0.5) is 45.3 Å². The van der Waals surface area contributed by atoms with Crippen molar-refractivity contribution in [2.75, 3.05) is 11.8 Å². The second-order valence-electron chi connectivity index (χ2n) is 15.6. The maximum atomic E-state index is 16.2. The molecule has 332 valence electrons. The second-order valence-corrected chi connectivity index (χ2v) is 17.9. The number of nitrogens with zero attached hydrogens (tertiary/aromatic N) is 6. The van der Waals surface area contributed by atoms with Crippen molar-refractivity contribution in [3.63, 3.8) is 0 Å². The van der Waals surface area contributed by atoms with E-state index >= 15 is 18.0 Å². The van der Waals surface area contributed by atoms with Crippen LogP contribution in [0.5, 0.6) is 5.75 Å². The Hall–Kier alpha value is -5.84. The summed E-state index contributed by atoms with van der Waals surface area (Å²) >= 11 is 6.60. The molecule has 0 spiro atoms. The molecule has 3 heterocycles. The molecule has 0 radical (unpaired) electrons. The number of amides is 1. The van der Waals surface area contributed by atoms with Gasteiger partial charge in [0.05, 0.1) is 45.4 Å². The highest BCUT2D eigenvalue weighted by molar-refractivity contribution is 7.93. The third-order valence-electron chi connectivity index (χ3n) is 11.5. The van der Waals surface area contributed by atoms with E-state index in [2.05, 4.69) is 19.9 Å². The minimum Gasteiger partial charge on any atom is -0.497 e. The van der Waals surface area contributed by atoms with E-state index in [0.717, 1.165) is 43.5 Å². The Labute approximate surface area is 353 Å². The first-order valence-corrected chi connectivity index (χ1v) is 21.0. The quantitative estimate of drug-likeness (QED) is 0.107. The van der Waals surface area contributed by atoms with Gasteiger partial charge in [0.2, 0.25) is 15.9 Å². The minimum atomic E-state index is -4.18. The van der Waals surface area contributed by atoms with Crippen molar-refractivity contribution in [3.8, 4) is 11.4 Å². The zero-order valence-electron chi connectivity index (χ0n) is 32.1. The average Bonchev–Trinajstić information content (AvgIpc) is 4.11. The van der Waals surface area contributed by atoms with E-state index in [9.17, 15) is 39.6 Å². The van der Waals surface area contributed by atoms with E-state index in [1.54, 1.807) is 0 Å². The van der Waals surface area contributed by atoms with Gasteiger partial charge in [-0.2, -0.15) is 19.0 Å². The van der Waals surface area contributed by atoms with Gasteiger partial charge in [0.15, 0.2) is 5.82 Å². The molecule has 6 aromatic rings. The zero-order valence-corrected chi connectivity index (χ0v) is 33.7. The Morgan fingerprint density at radius 1 is 1.03 bits per heavy atom. The van der Waals surface area contributed by atoms with Crippen molar-refractivity contribution in [1.29, 1.82) is 0 Å². The van der Waals surface area contributed by atoms with Crippen LogP contribution in [0, 0.1) is 23.4 Å². The maximum Gasteiger partial charge on any atom is 0.293 e. The van der Waals surface area contributed by atoms with E-state index < -0.39 is 150 Å². The number of hydrogen-bond acceptors (Lipinski definition) is 8. The highest BCUT2D eigenvalue weighted by atomic mass is 35.5. The van der Waals surface area contributed by atoms with Crippen LogP contribution in [0.15, 0.2) is 47.3 Å². The average molecular weight is 929 g/mol. The molecule has 0 aliphatic heterocycles. The number of sulfonamides is 1. The predicted molar refractivity (Wildman–Crippen MR) is 207 cm³/mol. The fraction of sp³-hybridized carbons (Fsp3) is 0.359. The lowest BCUT2D eigenvalue weighted by atomic mass is 9.89. The highest BCUT2D eigenvalue weighted by Crippen LogP contribution is 2.68. The van der Waals surface area contributed by atoms with Gasteiger partial charge < -0.3 is 10.5 Å². The SMILES string of the molecule is COc1cc(F)c2c(=O)n(-c3ccc(Cl)c4c(NS(=O)(=O)C5CC5)nn(CC(F)F)c34)c([C@@H](Cc3cc(F)cc(F)c3)C(C(N)=O)n3nc(C(F)F)c4c3C(F)(F)[C@@H]3C[C@H]43)nc2c1. The van der Waals surface area contributed by atoms with Crippen LogP contribution >= 0.6 is 11.6 Å². The third kappa shape index (κ3) is 7.02. The number of fused-ring (bicyclic) bond motifs is 5. The van der Waals surface area contributed by atoms with Gasteiger partial charge in [0.1, 0.15) is 58.4 Å². The molecular weight excluding hydrogens is 899 g/mol. The van der Waals surface area contributed by atoms with Crippen LogP contribution in [0.3, 0.4) is 0 Å². The van der Waals surface area contributed by atoms with Crippen LogP contribution in [0.1, 0.15) is 71.9 Å². The van der Waals surface area contributed by atoms with Crippen molar-refractivity contribution >= 4 is 55.2 Å². The van der Waals surface area contributed by atoms with Crippen LogP contribution in [-0.4, -0.2) is 62.2 Å². The number of nitrogens with two attached hydrogens (primary N) is 1. The summed E-state index contributed by atoms with van der Waals surface area (Å²) in [5.74, 6) is -15.1. The first kappa shape index (κ1) is 42.5. The van der Waals surface area contributed by atoms with E-state index in [1.807, 2.05) is 0 Å². The maximum absolute atomic E-state index is 16.2. The molecule has 2 fully saturated rings. The van der Waals surface area contributed by atoms with E-state index in [1.165, 1.54) is 0 Å². The van der Waals surface area contributed by atoms with Crippen LogP contribution < -0.4 is 20.8 Å². The summed E-state index contributed by atoms with van der Waals surface area (Å²) in [4.78, 5) is 33.5. The Bertz CT molecular complexity index is 3060. The molecule has 4 atom stereocenters. The van der Waals surface area contributed by atoms with Gasteiger partial charge in [-0.05, 0) is 61.4 Å². The molecule has 1 unspecified atom stereocenters. The van der Waals surface area contributed by atoms with Gasteiger partial charge in [0.25, 0.3) is 24.3 Å². The minimum absolute atomic E-state index is 0.185. The molecule has 9 rings (SSSR count). The number of alkyl halides is 6. The molecule has 24 heteroatoms. The second kappa shape index (κ2) is 14.9. The number of ether oxygens (including phenoxy) is 1. The number of carbonyl (C=O) groups is 1. The van der Waals surface area contributed by atoms with E-state index in [4.69, 9.17) is 22.1 Å². The molecule has 0 bridgehead atoms. The summed E-state index contributed by atoms with van der Waals surface area (Å²) in [5.41, 5.74) is 0.00546. The standard InChI is InChI=1S/C39H30ClF9N8O5S/c1-62-17-10-23(43)29-24(11-17)51-37(56(38(29)59)25-5-4-22(40)28-32(25)55(13-26(44)45)53-36(28)54-63(60,61)18-2-3-18)20(8-14-6-15(41)9-16(42)7-14)31(35(50)58)57-33-27(30(52-57)34(46)47)19-12-21(19)39(33,48)49/h4-7,9-11,18-21,26,31,34H,2-3,8,12-13H2,1H3,(H2,50,58)(H,53,54)/t19-,20-,21+,31?/m0/s1.